The largest absolute Gasteiger partial charge is 0.392 e. The molecule has 130 valence electrons. The standard InChI is InChI=1S/C16H20FN3O3S/c1-10(2)14-13(8-21)15(11-4-6-12(17)7-5-11)19-16(18-14)20(3)9-24(22)23/h4-7,10,21,24H,8-9H2,1-3H3. The van der Waals surface area contributed by atoms with Gasteiger partial charge in [0.1, 0.15) is 11.7 Å². The average Bonchev–Trinajstić information content (AvgIpc) is 2.53. The van der Waals surface area contributed by atoms with Crippen molar-refractivity contribution in [1.82, 2.24) is 9.97 Å². The van der Waals surface area contributed by atoms with E-state index in [2.05, 4.69) is 9.97 Å². The summed E-state index contributed by atoms with van der Waals surface area (Å²) in [7, 11) is -1.04. The number of anilines is 1. The minimum atomic E-state index is -2.62. The van der Waals surface area contributed by atoms with Gasteiger partial charge in [-0.2, -0.15) is 0 Å². The van der Waals surface area contributed by atoms with Gasteiger partial charge in [0.05, 0.1) is 18.0 Å². The first kappa shape index (κ1) is 18.3. The molecule has 0 atom stereocenters. The molecule has 0 aliphatic heterocycles. The van der Waals surface area contributed by atoms with Crippen molar-refractivity contribution in [3.8, 4) is 11.3 Å². The maximum atomic E-state index is 13.2. The minimum absolute atomic E-state index is 0.00233. The Morgan fingerprint density at radius 2 is 1.83 bits per heavy atom. The monoisotopic (exact) mass is 353 g/mol. The lowest BCUT2D eigenvalue weighted by Crippen LogP contribution is -2.23. The van der Waals surface area contributed by atoms with Crippen molar-refractivity contribution in [3.05, 3.63) is 41.3 Å². The van der Waals surface area contributed by atoms with Gasteiger partial charge in [-0.15, -0.1) is 0 Å². The highest BCUT2D eigenvalue weighted by Gasteiger charge is 2.19. The molecule has 0 saturated carbocycles. The van der Waals surface area contributed by atoms with Gasteiger partial charge in [0.2, 0.25) is 5.95 Å². The summed E-state index contributed by atoms with van der Waals surface area (Å²) < 4.78 is 35.1. The van der Waals surface area contributed by atoms with Crippen LogP contribution in [0.2, 0.25) is 0 Å². The number of thiol groups is 1. The van der Waals surface area contributed by atoms with E-state index in [0.717, 1.165) is 0 Å². The first-order chi connectivity index (χ1) is 11.3. The number of nitrogens with zero attached hydrogens (tertiary/aromatic N) is 3. The molecule has 8 heteroatoms. The third-order valence-corrected chi connectivity index (χ3v) is 4.17. The highest BCUT2D eigenvalue weighted by Crippen LogP contribution is 2.29. The Kier molecular flexibility index (Phi) is 5.84. The second kappa shape index (κ2) is 7.67. The topological polar surface area (TPSA) is 83.4 Å². The Labute approximate surface area is 141 Å². The van der Waals surface area contributed by atoms with Crippen LogP contribution in [-0.4, -0.2) is 36.4 Å². The van der Waals surface area contributed by atoms with E-state index < -0.39 is 10.7 Å². The molecule has 2 rings (SSSR count). The molecule has 1 heterocycles. The number of aliphatic hydroxyl groups is 1. The molecule has 0 unspecified atom stereocenters. The van der Waals surface area contributed by atoms with Crippen LogP contribution in [0.1, 0.15) is 31.0 Å². The molecule has 0 saturated heterocycles. The van der Waals surface area contributed by atoms with Crippen molar-refractivity contribution < 1.29 is 17.9 Å². The smallest absolute Gasteiger partial charge is 0.226 e. The normalized spacial score (nSPS) is 11.3. The third kappa shape index (κ3) is 4.07. The van der Waals surface area contributed by atoms with Gasteiger partial charge in [-0.25, -0.2) is 22.8 Å². The van der Waals surface area contributed by atoms with Crippen LogP contribution in [0, 0.1) is 5.82 Å². The maximum absolute atomic E-state index is 13.2. The van der Waals surface area contributed by atoms with Gasteiger partial charge in [-0.05, 0) is 30.2 Å². The van der Waals surface area contributed by atoms with Crippen molar-refractivity contribution in [3.63, 3.8) is 0 Å². The van der Waals surface area contributed by atoms with Crippen LogP contribution in [0.4, 0.5) is 10.3 Å². The zero-order chi connectivity index (χ0) is 17.9. The van der Waals surface area contributed by atoms with Gasteiger partial charge < -0.3 is 10.0 Å². The van der Waals surface area contributed by atoms with Gasteiger partial charge >= 0.3 is 0 Å². The third-order valence-electron chi connectivity index (χ3n) is 3.52. The lowest BCUT2D eigenvalue weighted by molar-refractivity contribution is 0.279. The van der Waals surface area contributed by atoms with Crippen LogP contribution in [-0.2, 0) is 17.3 Å². The van der Waals surface area contributed by atoms with Crippen LogP contribution in [0.25, 0.3) is 11.3 Å². The summed E-state index contributed by atoms with van der Waals surface area (Å²) in [4.78, 5) is 10.2. The number of hydrogen-bond acceptors (Lipinski definition) is 6. The van der Waals surface area contributed by atoms with E-state index in [-0.39, 0.29) is 30.2 Å². The fraction of sp³-hybridized carbons (Fsp3) is 0.375. The molecular formula is C16H20FN3O3S. The predicted molar refractivity (Wildman–Crippen MR) is 91.0 cm³/mol. The van der Waals surface area contributed by atoms with Crippen LogP contribution < -0.4 is 4.90 Å². The molecule has 1 aromatic heterocycles. The van der Waals surface area contributed by atoms with Crippen LogP contribution in [0.15, 0.2) is 24.3 Å². The highest BCUT2D eigenvalue weighted by molar-refractivity contribution is 7.72. The van der Waals surface area contributed by atoms with E-state index in [9.17, 15) is 17.9 Å². The Balaban J connectivity index is 2.66. The van der Waals surface area contributed by atoms with Gasteiger partial charge in [-0.1, -0.05) is 13.8 Å². The lowest BCUT2D eigenvalue weighted by Gasteiger charge is -2.20. The van der Waals surface area contributed by atoms with Crippen molar-refractivity contribution in [2.75, 3.05) is 17.8 Å². The summed E-state index contributed by atoms with van der Waals surface area (Å²) in [5.41, 5.74) is 2.29. The van der Waals surface area contributed by atoms with Gasteiger partial charge in [0.15, 0.2) is 10.7 Å². The predicted octanol–water partition coefficient (Wildman–Crippen LogP) is 1.90. The second-order valence-corrected chi connectivity index (χ2v) is 6.68. The number of aliphatic hydroxyl groups excluding tert-OH is 1. The Bertz CT molecular complexity index is 784. The first-order valence-corrected chi connectivity index (χ1v) is 8.80. The summed E-state index contributed by atoms with van der Waals surface area (Å²) >= 11 is 0. The molecule has 1 N–H and O–H groups in total. The molecule has 1 aromatic carbocycles. The quantitative estimate of drug-likeness (QED) is 0.772. The number of hydrogen-bond donors (Lipinski definition) is 2. The van der Waals surface area contributed by atoms with Crippen LogP contribution in [0.3, 0.4) is 0 Å². The van der Waals surface area contributed by atoms with Crippen LogP contribution >= 0.6 is 0 Å². The van der Waals surface area contributed by atoms with Gasteiger partial charge in [0.25, 0.3) is 0 Å². The van der Waals surface area contributed by atoms with Crippen molar-refractivity contribution in [2.24, 2.45) is 0 Å². The van der Waals surface area contributed by atoms with Crippen molar-refractivity contribution in [2.45, 2.75) is 26.4 Å². The minimum Gasteiger partial charge on any atom is -0.392 e. The summed E-state index contributed by atoms with van der Waals surface area (Å²) in [6, 6.07) is 5.76. The zero-order valence-corrected chi connectivity index (χ0v) is 14.6. The lowest BCUT2D eigenvalue weighted by atomic mass is 9.99. The molecular weight excluding hydrogens is 333 g/mol. The molecule has 0 radical (unpaired) electrons. The summed E-state index contributed by atoms with van der Waals surface area (Å²) in [5.74, 6) is -0.339. The van der Waals surface area contributed by atoms with Crippen LogP contribution in [0.5, 0.6) is 0 Å². The molecule has 0 aliphatic carbocycles. The zero-order valence-electron chi connectivity index (χ0n) is 13.7. The van der Waals surface area contributed by atoms with E-state index in [1.54, 1.807) is 19.2 Å². The van der Waals surface area contributed by atoms with Crippen molar-refractivity contribution >= 4 is 16.7 Å². The molecule has 0 bridgehead atoms. The molecule has 0 spiro atoms. The van der Waals surface area contributed by atoms with E-state index in [1.165, 1.54) is 17.0 Å². The SMILES string of the molecule is CC(C)c1nc(N(C)C[SH](=O)=O)nc(-c2ccc(F)cc2)c1CO. The second-order valence-electron chi connectivity index (χ2n) is 5.73. The number of rotatable bonds is 6. The molecule has 0 aliphatic rings. The average molecular weight is 353 g/mol. The molecule has 6 nitrogen and oxygen atoms in total. The highest BCUT2D eigenvalue weighted by atomic mass is 32.2. The number of aromatic nitrogens is 2. The summed E-state index contributed by atoms with van der Waals surface area (Å²) in [5, 5.41) is 9.77. The van der Waals surface area contributed by atoms with Gasteiger partial charge in [-0.3, -0.25) is 0 Å². The molecule has 0 fully saturated rings. The number of halogens is 1. The van der Waals surface area contributed by atoms with E-state index >= 15 is 0 Å². The molecule has 2 aromatic rings. The van der Waals surface area contributed by atoms with Gasteiger partial charge in [0, 0.05) is 18.2 Å². The summed E-state index contributed by atoms with van der Waals surface area (Å²) in [6.07, 6.45) is 0. The van der Waals surface area contributed by atoms with E-state index in [4.69, 9.17) is 0 Å². The molecule has 24 heavy (non-hydrogen) atoms. The Morgan fingerprint density at radius 3 is 2.33 bits per heavy atom. The van der Waals surface area contributed by atoms with Crippen molar-refractivity contribution in [1.29, 1.82) is 0 Å². The Morgan fingerprint density at radius 1 is 1.21 bits per heavy atom. The molecule has 0 amide bonds. The van der Waals surface area contributed by atoms with E-state index in [0.29, 0.717) is 22.5 Å². The fourth-order valence-corrected chi connectivity index (χ4v) is 2.85. The maximum Gasteiger partial charge on any atom is 0.226 e. The van der Waals surface area contributed by atoms with E-state index in [1.807, 2.05) is 13.8 Å². The summed E-state index contributed by atoms with van der Waals surface area (Å²) in [6.45, 7) is 3.58. The Hall–Kier alpha value is -2.06. The first-order valence-electron chi connectivity index (χ1n) is 7.44. The fourth-order valence-electron chi connectivity index (χ4n) is 2.38. The number of benzene rings is 1.